The molecular formula is C14H20N2O2. The Hall–Kier alpha value is -1.55. The summed E-state index contributed by atoms with van der Waals surface area (Å²) in [6.07, 6.45) is 4.53. The summed E-state index contributed by atoms with van der Waals surface area (Å²) in [4.78, 5) is 11.7. The van der Waals surface area contributed by atoms with E-state index in [2.05, 4.69) is 16.7 Å². The second-order valence-electron chi connectivity index (χ2n) is 4.83. The number of hydrogen-bond donors (Lipinski definition) is 3. The molecule has 0 bridgehead atoms. The Bertz CT molecular complexity index is 432. The van der Waals surface area contributed by atoms with Crippen LogP contribution < -0.4 is 10.6 Å². The number of urea groups is 1. The molecule has 0 spiro atoms. The van der Waals surface area contributed by atoms with E-state index in [1.165, 1.54) is 24.0 Å². The molecule has 1 aromatic rings. The van der Waals surface area contributed by atoms with Crippen LogP contribution in [0.3, 0.4) is 0 Å². The molecule has 4 heteroatoms. The van der Waals surface area contributed by atoms with Gasteiger partial charge in [0.2, 0.25) is 0 Å². The highest BCUT2D eigenvalue weighted by molar-refractivity contribution is 5.90. The van der Waals surface area contributed by atoms with E-state index in [0.29, 0.717) is 0 Å². The first-order valence-corrected chi connectivity index (χ1v) is 6.50. The van der Waals surface area contributed by atoms with Crippen LogP contribution in [0.4, 0.5) is 10.5 Å². The van der Waals surface area contributed by atoms with Crippen molar-refractivity contribution in [2.75, 3.05) is 11.9 Å². The van der Waals surface area contributed by atoms with Crippen molar-refractivity contribution in [2.24, 2.45) is 0 Å². The molecule has 18 heavy (non-hydrogen) atoms. The van der Waals surface area contributed by atoms with Crippen LogP contribution in [0.2, 0.25) is 0 Å². The molecular weight excluding hydrogens is 228 g/mol. The van der Waals surface area contributed by atoms with Crippen molar-refractivity contribution in [3.8, 4) is 0 Å². The number of carbonyl (C=O) groups excluding carboxylic acids is 1. The molecule has 0 radical (unpaired) electrons. The van der Waals surface area contributed by atoms with Crippen molar-refractivity contribution in [1.29, 1.82) is 0 Å². The van der Waals surface area contributed by atoms with E-state index in [9.17, 15) is 4.79 Å². The molecule has 1 aromatic carbocycles. The lowest BCUT2D eigenvalue weighted by atomic mass is 9.90. The molecule has 2 amide bonds. The topological polar surface area (TPSA) is 61.4 Å². The second-order valence-corrected chi connectivity index (χ2v) is 4.83. The molecule has 2 rings (SSSR count). The first kappa shape index (κ1) is 12.9. The molecule has 0 fully saturated rings. The first-order chi connectivity index (χ1) is 8.70. The van der Waals surface area contributed by atoms with E-state index in [1.807, 2.05) is 12.1 Å². The van der Waals surface area contributed by atoms with E-state index in [1.54, 1.807) is 6.92 Å². The Morgan fingerprint density at radius 2 is 2.17 bits per heavy atom. The predicted molar refractivity (Wildman–Crippen MR) is 71.8 cm³/mol. The van der Waals surface area contributed by atoms with Crippen LogP contribution in [0.5, 0.6) is 0 Å². The summed E-state index contributed by atoms with van der Waals surface area (Å²) < 4.78 is 0. The molecule has 1 aliphatic carbocycles. The fourth-order valence-corrected chi connectivity index (χ4v) is 2.33. The normalized spacial score (nSPS) is 15.7. The average molecular weight is 248 g/mol. The Labute approximate surface area is 107 Å². The molecule has 0 aliphatic heterocycles. The number of aliphatic hydroxyl groups is 1. The van der Waals surface area contributed by atoms with Crippen LogP contribution in [0.15, 0.2) is 18.2 Å². The highest BCUT2D eigenvalue weighted by Crippen LogP contribution is 2.27. The summed E-state index contributed by atoms with van der Waals surface area (Å²) in [6.45, 7) is 1.71. The van der Waals surface area contributed by atoms with Gasteiger partial charge in [-0.1, -0.05) is 12.1 Å². The Morgan fingerprint density at radius 1 is 1.39 bits per heavy atom. The van der Waals surface area contributed by atoms with Crippen LogP contribution in [-0.2, 0) is 12.8 Å². The lowest BCUT2D eigenvalue weighted by molar-refractivity contribution is 0.229. The first-order valence-electron chi connectivity index (χ1n) is 6.50. The molecule has 1 aliphatic rings. The second kappa shape index (κ2) is 5.87. The summed E-state index contributed by atoms with van der Waals surface area (Å²) >= 11 is 0. The Morgan fingerprint density at radius 3 is 2.94 bits per heavy atom. The lowest BCUT2D eigenvalue weighted by Crippen LogP contribution is -2.38. The van der Waals surface area contributed by atoms with Crippen LogP contribution in [0.1, 0.15) is 30.9 Å². The average Bonchev–Trinajstić information content (AvgIpc) is 2.39. The summed E-state index contributed by atoms with van der Waals surface area (Å²) in [5.74, 6) is 0. The molecule has 1 atom stereocenters. The number of benzene rings is 1. The fourth-order valence-electron chi connectivity index (χ4n) is 2.33. The largest absolute Gasteiger partial charge is 0.394 e. The van der Waals surface area contributed by atoms with Crippen LogP contribution >= 0.6 is 0 Å². The zero-order valence-electron chi connectivity index (χ0n) is 10.7. The SMILES string of the molecule is CC(CO)NC(=O)Nc1cccc2c1CCCC2. The van der Waals surface area contributed by atoms with Gasteiger partial charge in [0.25, 0.3) is 0 Å². The summed E-state index contributed by atoms with van der Waals surface area (Å²) in [5.41, 5.74) is 3.50. The van der Waals surface area contributed by atoms with Gasteiger partial charge < -0.3 is 15.7 Å². The van der Waals surface area contributed by atoms with E-state index in [4.69, 9.17) is 5.11 Å². The van der Waals surface area contributed by atoms with Gasteiger partial charge in [0.1, 0.15) is 0 Å². The van der Waals surface area contributed by atoms with Gasteiger partial charge >= 0.3 is 6.03 Å². The van der Waals surface area contributed by atoms with Gasteiger partial charge in [0.05, 0.1) is 12.6 Å². The predicted octanol–water partition coefficient (Wildman–Crippen LogP) is 2.07. The van der Waals surface area contributed by atoms with Gasteiger partial charge in [-0.15, -0.1) is 0 Å². The molecule has 3 N–H and O–H groups in total. The van der Waals surface area contributed by atoms with Crippen molar-refractivity contribution < 1.29 is 9.90 Å². The lowest BCUT2D eigenvalue weighted by Gasteiger charge is -2.20. The van der Waals surface area contributed by atoms with E-state index < -0.39 is 0 Å². The standard InChI is InChI=1S/C14H20N2O2/c1-10(9-17)15-14(18)16-13-8-4-6-11-5-2-3-7-12(11)13/h4,6,8,10,17H,2-3,5,7,9H2,1H3,(H2,15,16,18). The smallest absolute Gasteiger partial charge is 0.319 e. The van der Waals surface area contributed by atoms with Crippen molar-refractivity contribution in [3.63, 3.8) is 0 Å². The third-order valence-corrected chi connectivity index (χ3v) is 3.30. The summed E-state index contributed by atoms with van der Waals surface area (Å²) in [6, 6.07) is 5.57. The Kier molecular flexibility index (Phi) is 4.20. The van der Waals surface area contributed by atoms with Crippen LogP contribution in [0, 0.1) is 0 Å². The molecule has 0 saturated carbocycles. The number of aryl methyl sites for hydroxylation is 1. The molecule has 1 unspecified atom stereocenters. The van der Waals surface area contributed by atoms with Gasteiger partial charge in [-0.25, -0.2) is 4.79 Å². The summed E-state index contributed by atoms with van der Waals surface area (Å²) in [7, 11) is 0. The van der Waals surface area contributed by atoms with Crippen molar-refractivity contribution >= 4 is 11.7 Å². The van der Waals surface area contributed by atoms with E-state index in [0.717, 1.165) is 18.5 Å². The third kappa shape index (κ3) is 3.01. The third-order valence-electron chi connectivity index (χ3n) is 3.30. The van der Waals surface area contributed by atoms with Gasteiger partial charge in [-0.3, -0.25) is 0 Å². The zero-order chi connectivity index (χ0) is 13.0. The zero-order valence-corrected chi connectivity index (χ0v) is 10.7. The molecule has 0 heterocycles. The molecule has 0 saturated heterocycles. The number of rotatable bonds is 3. The maximum absolute atomic E-state index is 11.7. The monoisotopic (exact) mass is 248 g/mol. The van der Waals surface area contributed by atoms with Crippen molar-refractivity contribution in [2.45, 2.75) is 38.6 Å². The number of fused-ring (bicyclic) bond motifs is 1. The van der Waals surface area contributed by atoms with Gasteiger partial charge in [0, 0.05) is 5.69 Å². The number of anilines is 1. The van der Waals surface area contributed by atoms with Gasteiger partial charge in [-0.2, -0.15) is 0 Å². The minimum absolute atomic E-state index is 0.0552. The molecule has 98 valence electrons. The fraction of sp³-hybridized carbons (Fsp3) is 0.500. The highest BCUT2D eigenvalue weighted by atomic mass is 16.3. The quantitative estimate of drug-likeness (QED) is 0.767. The number of nitrogens with one attached hydrogen (secondary N) is 2. The molecule has 4 nitrogen and oxygen atoms in total. The van der Waals surface area contributed by atoms with E-state index >= 15 is 0 Å². The highest BCUT2D eigenvalue weighted by Gasteiger charge is 2.14. The maximum Gasteiger partial charge on any atom is 0.319 e. The summed E-state index contributed by atoms with van der Waals surface area (Å²) in [5, 5.41) is 14.5. The van der Waals surface area contributed by atoms with Crippen molar-refractivity contribution in [3.05, 3.63) is 29.3 Å². The minimum atomic E-state index is -0.254. The van der Waals surface area contributed by atoms with Crippen LogP contribution in [0.25, 0.3) is 0 Å². The van der Waals surface area contributed by atoms with Crippen LogP contribution in [-0.4, -0.2) is 23.8 Å². The number of amides is 2. The minimum Gasteiger partial charge on any atom is -0.394 e. The van der Waals surface area contributed by atoms with Crippen molar-refractivity contribution in [1.82, 2.24) is 5.32 Å². The van der Waals surface area contributed by atoms with Gasteiger partial charge in [-0.05, 0) is 49.8 Å². The Balaban J connectivity index is 2.07. The number of hydrogen-bond acceptors (Lipinski definition) is 2. The van der Waals surface area contributed by atoms with Gasteiger partial charge in [0.15, 0.2) is 0 Å². The number of aliphatic hydroxyl groups excluding tert-OH is 1. The maximum atomic E-state index is 11.7. The molecule has 0 aromatic heterocycles. The van der Waals surface area contributed by atoms with E-state index in [-0.39, 0.29) is 18.7 Å². The number of carbonyl (C=O) groups is 1.